The molecule has 0 aliphatic heterocycles. The molecule has 1 fully saturated rings. The first kappa shape index (κ1) is 14.4. The van der Waals surface area contributed by atoms with E-state index >= 15 is 0 Å². The van der Waals surface area contributed by atoms with Crippen LogP contribution in [0, 0.1) is 5.92 Å². The van der Waals surface area contributed by atoms with Crippen LogP contribution in [0.2, 0.25) is 0 Å². The number of aromatic nitrogens is 4. The molecule has 0 spiro atoms. The van der Waals surface area contributed by atoms with E-state index in [0.29, 0.717) is 0 Å². The Labute approximate surface area is 116 Å². The van der Waals surface area contributed by atoms with Gasteiger partial charge in [-0.05, 0) is 49.1 Å². The van der Waals surface area contributed by atoms with Gasteiger partial charge in [0.1, 0.15) is 0 Å². The van der Waals surface area contributed by atoms with E-state index in [1.54, 1.807) is 0 Å². The molecule has 1 heterocycles. The van der Waals surface area contributed by atoms with Crippen LogP contribution in [0.4, 0.5) is 0 Å². The molecule has 1 aromatic heterocycles. The second-order valence-electron chi connectivity index (χ2n) is 5.73. The molecule has 1 atom stereocenters. The Morgan fingerprint density at radius 2 is 2.16 bits per heavy atom. The van der Waals surface area contributed by atoms with Gasteiger partial charge in [0.15, 0.2) is 5.82 Å². The van der Waals surface area contributed by atoms with Crippen LogP contribution in [0.5, 0.6) is 0 Å². The maximum absolute atomic E-state index is 4.16. The Morgan fingerprint density at radius 1 is 1.37 bits per heavy atom. The Morgan fingerprint density at radius 3 is 2.89 bits per heavy atom. The highest BCUT2D eigenvalue weighted by Crippen LogP contribution is 2.28. The molecule has 5 nitrogen and oxygen atoms in total. The Balaban J connectivity index is 1.77. The molecule has 0 radical (unpaired) electrons. The van der Waals surface area contributed by atoms with E-state index < -0.39 is 0 Å². The lowest BCUT2D eigenvalue weighted by atomic mass is 10.0. The van der Waals surface area contributed by atoms with Crippen molar-refractivity contribution >= 4 is 0 Å². The average Bonchev–Trinajstić information content (AvgIpc) is 3.07. The zero-order valence-electron chi connectivity index (χ0n) is 12.3. The number of aryl methyl sites for hydroxylation is 1. The van der Waals surface area contributed by atoms with E-state index in [1.165, 1.54) is 38.5 Å². The molecular weight excluding hydrogens is 238 g/mol. The highest BCUT2D eigenvalue weighted by Gasteiger charge is 2.16. The van der Waals surface area contributed by atoms with Gasteiger partial charge >= 0.3 is 0 Å². The Hall–Kier alpha value is -0.970. The summed E-state index contributed by atoms with van der Waals surface area (Å²) in [6, 6.07) is 0.237. The lowest BCUT2D eigenvalue weighted by molar-refractivity contribution is 0.423. The first-order valence-electron chi connectivity index (χ1n) is 7.80. The van der Waals surface area contributed by atoms with Crippen molar-refractivity contribution in [3.05, 3.63) is 5.82 Å². The third kappa shape index (κ3) is 4.27. The van der Waals surface area contributed by atoms with Crippen molar-refractivity contribution in [2.75, 3.05) is 6.54 Å². The fourth-order valence-electron chi connectivity index (χ4n) is 2.96. The predicted molar refractivity (Wildman–Crippen MR) is 75.7 cm³/mol. The number of hydrogen-bond acceptors (Lipinski definition) is 4. The maximum Gasteiger partial charge on any atom is 0.167 e. The zero-order valence-corrected chi connectivity index (χ0v) is 12.3. The van der Waals surface area contributed by atoms with Crippen molar-refractivity contribution in [1.29, 1.82) is 0 Å². The minimum absolute atomic E-state index is 0.237. The van der Waals surface area contributed by atoms with Crippen LogP contribution in [0.1, 0.15) is 70.7 Å². The van der Waals surface area contributed by atoms with E-state index in [4.69, 9.17) is 0 Å². The van der Waals surface area contributed by atoms with Crippen LogP contribution in [0.25, 0.3) is 0 Å². The molecule has 1 unspecified atom stereocenters. The first-order chi connectivity index (χ1) is 9.31. The molecule has 0 saturated heterocycles. The lowest BCUT2D eigenvalue weighted by Gasteiger charge is -2.13. The molecule has 2 rings (SSSR count). The molecule has 0 amide bonds. The van der Waals surface area contributed by atoms with Gasteiger partial charge in [0.2, 0.25) is 0 Å². The fraction of sp³-hybridized carbons (Fsp3) is 0.929. The summed E-state index contributed by atoms with van der Waals surface area (Å²) in [5.74, 6) is 1.93. The van der Waals surface area contributed by atoms with Crippen LogP contribution in [-0.4, -0.2) is 26.8 Å². The van der Waals surface area contributed by atoms with Gasteiger partial charge < -0.3 is 5.32 Å². The summed E-state index contributed by atoms with van der Waals surface area (Å²) < 4.78 is 1.97. The van der Waals surface area contributed by atoms with Gasteiger partial charge in [-0.2, -0.15) is 0 Å². The molecule has 1 saturated carbocycles. The number of hydrogen-bond donors (Lipinski definition) is 1. The van der Waals surface area contributed by atoms with Crippen LogP contribution in [0.3, 0.4) is 0 Å². The number of nitrogens with zero attached hydrogens (tertiary/aromatic N) is 4. The molecule has 1 aromatic rings. The first-order valence-corrected chi connectivity index (χ1v) is 7.80. The molecule has 5 heteroatoms. The molecule has 108 valence electrons. The second-order valence-corrected chi connectivity index (χ2v) is 5.73. The standard InChI is InChI=1S/C14H27N5/c1-3-10-15-12(2)14-16-17-18-19(14)11-6-9-13-7-4-5-8-13/h12-13,15H,3-11H2,1-2H3. The normalized spacial score (nSPS) is 18.0. The zero-order chi connectivity index (χ0) is 13.5. The minimum atomic E-state index is 0.237. The smallest absolute Gasteiger partial charge is 0.167 e. The van der Waals surface area contributed by atoms with Crippen molar-refractivity contribution < 1.29 is 0 Å². The summed E-state index contributed by atoms with van der Waals surface area (Å²) >= 11 is 0. The number of tetrazole rings is 1. The SMILES string of the molecule is CCCNC(C)c1nnnn1CCCC1CCCC1. The van der Waals surface area contributed by atoms with Crippen molar-refractivity contribution in [3.8, 4) is 0 Å². The average molecular weight is 265 g/mol. The van der Waals surface area contributed by atoms with Crippen molar-refractivity contribution in [2.24, 2.45) is 5.92 Å². The van der Waals surface area contributed by atoms with Gasteiger partial charge in [0.05, 0.1) is 6.04 Å². The van der Waals surface area contributed by atoms with E-state index in [-0.39, 0.29) is 6.04 Å². The number of nitrogens with one attached hydrogen (secondary N) is 1. The van der Waals surface area contributed by atoms with Gasteiger partial charge in [-0.1, -0.05) is 32.6 Å². The maximum atomic E-state index is 4.16. The van der Waals surface area contributed by atoms with Gasteiger partial charge in [0.25, 0.3) is 0 Å². The summed E-state index contributed by atoms with van der Waals surface area (Å²) in [4.78, 5) is 0. The van der Waals surface area contributed by atoms with Gasteiger partial charge in [-0.25, -0.2) is 4.68 Å². The van der Waals surface area contributed by atoms with Crippen LogP contribution >= 0.6 is 0 Å². The number of rotatable bonds is 8. The third-order valence-electron chi connectivity index (χ3n) is 4.10. The van der Waals surface area contributed by atoms with Gasteiger partial charge in [-0.15, -0.1) is 5.10 Å². The molecular formula is C14H27N5. The summed E-state index contributed by atoms with van der Waals surface area (Å²) in [5, 5.41) is 15.6. The van der Waals surface area contributed by atoms with Crippen LogP contribution < -0.4 is 5.32 Å². The Kier molecular flexibility index (Phi) is 5.76. The van der Waals surface area contributed by atoms with Gasteiger partial charge in [0, 0.05) is 6.54 Å². The lowest BCUT2D eigenvalue weighted by Crippen LogP contribution is -2.23. The summed E-state index contributed by atoms with van der Waals surface area (Å²) in [6.45, 7) is 6.27. The second kappa shape index (κ2) is 7.58. The van der Waals surface area contributed by atoms with Crippen molar-refractivity contribution in [2.45, 2.75) is 71.4 Å². The highest BCUT2D eigenvalue weighted by molar-refractivity contribution is 4.89. The topological polar surface area (TPSA) is 55.6 Å². The molecule has 19 heavy (non-hydrogen) atoms. The monoisotopic (exact) mass is 265 g/mol. The third-order valence-corrected chi connectivity index (χ3v) is 4.10. The van der Waals surface area contributed by atoms with Crippen molar-refractivity contribution in [1.82, 2.24) is 25.5 Å². The molecule has 1 N–H and O–H groups in total. The molecule has 0 bridgehead atoms. The largest absolute Gasteiger partial charge is 0.307 e. The predicted octanol–water partition coefficient (Wildman–Crippen LogP) is 2.70. The van der Waals surface area contributed by atoms with Crippen LogP contribution in [-0.2, 0) is 6.54 Å². The minimum Gasteiger partial charge on any atom is -0.307 e. The molecule has 1 aliphatic rings. The van der Waals surface area contributed by atoms with Crippen LogP contribution in [0.15, 0.2) is 0 Å². The summed E-state index contributed by atoms with van der Waals surface area (Å²) in [6.07, 6.45) is 9.37. The van der Waals surface area contributed by atoms with Crippen molar-refractivity contribution in [3.63, 3.8) is 0 Å². The Bertz CT molecular complexity index is 356. The molecule has 0 aromatic carbocycles. The van der Waals surface area contributed by atoms with E-state index in [9.17, 15) is 0 Å². The van der Waals surface area contributed by atoms with E-state index in [0.717, 1.165) is 31.3 Å². The van der Waals surface area contributed by atoms with E-state index in [2.05, 4.69) is 34.7 Å². The van der Waals surface area contributed by atoms with Gasteiger partial charge in [-0.3, -0.25) is 0 Å². The fourth-order valence-corrected chi connectivity index (χ4v) is 2.96. The quantitative estimate of drug-likeness (QED) is 0.785. The summed E-state index contributed by atoms with van der Waals surface area (Å²) in [5.41, 5.74) is 0. The summed E-state index contributed by atoms with van der Waals surface area (Å²) in [7, 11) is 0. The molecule has 1 aliphatic carbocycles. The van der Waals surface area contributed by atoms with E-state index in [1.807, 2.05) is 4.68 Å². The highest BCUT2D eigenvalue weighted by atomic mass is 15.5.